The van der Waals surface area contributed by atoms with E-state index in [1.165, 1.54) is 6.33 Å². The summed E-state index contributed by atoms with van der Waals surface area (Å²) in [5.74, 6) is -1.07. The number of urea groups is 1. The number of nitrogens with zero attached hydrogens (tertiary/aromatic N) is 2. The van der Waals surface area contributed by atoms with E-state index in [2.05, 4.69) is 15.3 Å². The van der Waals surface area contributed by atoms with Gasteiger partial charge in [0.2, 0.25) is 0 Å². The number of aromatic nitrogens is 2. The highest BCUT2D eigenvalue weighted by Crippen LogP contribution is 2.06. The highest BCUT2D eigenvalue weighted by Gasteiger charge is 2.26. The summed E-state index contributed by atoms with van der Waals surface area (Å²) in [6.07, 6.45) is 3.14. The molecule has 0 aliphatic carbocycles. The average molecular weight is 282 g/mol. The molecule has 1 fully saturated rings. The maximum Gasteiger partial charge on any atom is 0.326 e. The van der Waals surface area contributed by atoms with Gasteiger partial charge < -0.3 is 25.0 Å². The molecule has 1 aliphatic heterocycles. The first kappa shape index (κ1) is 14.3. The van der Waals surface area contributed by atoms with Gasteiger partial charge in [-0.2, -0.15) is 0 Å². The predicted octanol–water partition coefficient (Wildman–Crippen LogP) is -0.164. The molecule has 2 rings (SSSR count). The number of amides is 2. The summed E-state index contributed by atoms with van der Waals surface area (Å²) in [6, 6.07) is -1.37. The monoisotopic (exact) mass is 282 g/mol. The van der Waals surface area contributed by atoms with Gasteiger partial charge in [0.05, 0.1) is 19.0 Å². The largest absolute Gasteiger partial charge is 0.480 e. The molecule has 1 aromatic heterocycles. The third kappa shape index (κ3) is 3.70. The lowest BCUT2D eigenvalue weighted by Gasteiger charge is -2.32. The molecule has 1 unspecified atom stereocenters. The van der Waals surface area contributed by atoms with E-state index in [9.17, 15) is 14.7 Å². The van der Waals surface area contributed by atoms with Gasteiger partial charge in [-0.3, -0.25) is 0 Å². The molecule has 8 heteroatoms. The Labute approximate surface area is 116 Å². The second-order valence-corrected chi connectivity index (χ2v) is 4.75. The Hall–Kier alpha value is -2.09. The van der Waals surface area contributed by atoms with E-state index in [0.717, 1.165) is 0 Å². The van der Waals surface area contributed by atoms with Crippen molar-refractivity contribution in [3.63, 3.8) is 0 Å². The molecule has 2 heterocycles. The van der Waals surface area contributed by atoms with E-state index in [-0.39, 0.29) is 18.6 Å². The maximum absolute atomic E-state index is 12.1. The van der Waals surface area contributed by atoms with Gasteiger partial charge in [-0.25, -0.2) is 14.6 Å². The smallest absolute Gasteiger partial charge is 0.326 e. The lowest BCUT2D eigenvalue weighted by molar-refractivity contribution is -0.139. The topological polar surface area (TPSA) is 108 Å². The molecule has 0 spiro atoms. The minimum atomic E-state index is -1.07. The van der Waals surface area contributed by atoms with Crippen LogP contribution in [0.25, 0.3) is 0 Å². The fraction of sp³-hybridized carbons (Fsp3) is 0.583. The van der Waals surface area contributed by atoms with Gasteiger partial charge in [-0.1, -0.05) is 0 Å². The molecule has 8 nitrogen and oxygen atoms in total. The number of aromatic amines is 1. The van der Waals surface area contributed by atoms with E-state index in [4.69, 9.17) is 4.74 Å². The third-order valence-corrected chi connectivity index (χ3v) is 3.10. The number of carboxylic acid groups (broad SMARTS) is 1. The normalized spacial score (nSPS) is 20.4. The quantitative estimate of drug-likeness (QED) is 0.711. The lowest BCUT2D eigenvalue weighted by atomic mass is 10.1. The number of hydrogen-bond acceptors (Lipinski definition) is 4. The standard InChI is InChI=1S/C12H18N4O4/c1-8-6-16(2-3-20-8)12(19)15-10(11(17)18)4-9-5-13-7-14-9/h5,7-8,10H,2-4,6H2,1H3,(H,13,14)(H,15,19)(H,17,18)/t8?,10-/m1/s1. The highest BCUT2D eigenvalue weighted by atomic mass is 16.5. The first-order valence-electron chi connectivity index (χ1n) is 6.43. The van der Waals surface area contributed by atoms with Crippen LogP contribution in [0.3, 0.4) is 0 Å². The van der Waals surface area contributed by atoms with Gasteiger partial charge in [-0.15, -0.1) is 0 Å². The van der Waals surface area contributed by atoms with Crippen LogP contribution >= 0.6 is 0 Å². The number of H-pyrrole nitrogens is 1. The first-order chi connectivity index (χ1) is 9.56. The SMILES string of the molecule is CC1CN(C(=O)N[C@H](Cc2cnc[nH]2)C(=O)O)CCO1. The van der Waals surface area contributed by atoms with Gasteiger partial charge in [0.25, 0.3) is 0 Å². The fourth-order valence-electron chi connectivity index (χ4n) is 2.06. The zero-order valence-corrected chi connectivity index (χ0v) is 11.2. The molecule has 2 atom stereocenters. The second-order valence-electron chi connectivity index (χ2n) is 4.75. The number of ether oxygens (including phenoxy) is 1. The summed E-state index contributed by atoms with van der Waals surface area (Å²) < 4.78 is 5.34. The molecule has 3 N–H and O–H groups in total. The number of rotatable bonds is 4. The van der Waals surface area contributed by atoms with Gasteiger partial charge in [0.15, 0.2) is 0 Å². The van der Waals surface area contributed by atoms with Crippen molar-refractivity contribution in [3.05, 3.63) is 18.2 Å². The molecule has 0 bridgehead atoms. The van der Waals surface area contributed by atoms with Crippen LogP contribution in [0.1, 0.15) is 12.6 Å². The van der Waals surface area contributed by atoms with Crippen LogP contribution in [0.15, 0.2) is 12.5 Å². The van der Waals surface area contributed by atoms with E-state index in [1.54, 1.807) is 11.1 Å². The molecule has 0 saturated carbocycles. The number of carboxylic acids is 1. The molecule has 1 aromatic rings. The second kappa shape index (κ2) is 6.38. The average Bonchev–Trinajstić information content (AvgIpc) is 2.90. The van der Waals surface area contributed by atoms with Crippen LogP contribution in [0.5, 0.6) is 0 Å². The molecule has 110 valence electrons. The van der Waals surface area contributed by atoms with Crippen LogP contribution in [-0.4, -0.2) is 63.8 Å². The zero-order valence-electron chi connectivity index (χ0n) is 11.2. The number of morpholine rings is 1. The third-order valence-electron chi connectivity index (χ3n) is 3.10. The summed E-state index contributed by atoms with van der Waals surface area (Å²) >= 11 is 0. The van der Waals surface area contributed by atoms with Crippen LogP contribution in [0.2, 0.25) is 0 Å². The van der Waals surface area contributed by atoms with Crippen LogP contribution in [0.4, 0.5) is 4.79 Å². The molecule has 1 saturated heterocycles. The van der Waals surface area contributed by atoms with Crippen LogP contribution in [0, 0.1) is 0 Å². The molecular formula is C12H18N4O4. The Morgan fingerprint density at radius 2 is 2.50 bits per heavy atom. The Kier molecular flexibility index (Phi) is 4.57. The maximum atomic E-state index is 12.1. The highest BCUT2D eigenvalue weighted by molar-refractivity contribution is 5.82. The summed E-state index contributed by atoms with van der Waals surface area (Å²) in [4.78, 5) is 31.5. The van der Waals surface area contributed by atoms with Crippen molar-refractivity contribution >= 4 is 12.0 Å². The predicted molar refractivity (Wildman–Crippen MR) is 69.2 cm³/mol. The summed E-state index contributed by atoms with van der Waals surface area (Å²) in [6.45, 7) is 3.26. The van der Waals surface area contributed by atoms with E-state index >= 15 is 0 Å². The van der Waals surface area contributed by atoms with Crippen molar-refractivity contribution < 1.29 is 19.4 Å². The summed E-state index contributed by atoms with van der Waals surface area (Å²) in [5.41, 5.74) is 0.660. The van der Waals surface area contributed by atoms with Crippen molar-refractivity contribution in [2.75, 3.05) is 19.7 Å². The van der Waals surface area contributed by atoms with Crippen molar-refractivity contribution in [1.82, 2.24) is 20.2 Å². The van der Waals surface area contributed by atoms with Crippen molar-refractivity contribution in [1.29, 1.82) is 0 Å². The summed E-state index contributed by atoms with van der Waals surface area (Å²) in [5, 5.41) is 11.7. The molecule has 1 aliphatic rings. The Morgan fingerprint density at radius 3 is 3.10 bits per heavy atom. The number of hydrogen-bond donors (Lipinski definition) is 3. The molecule has 0 radical (unpaired) electrons. The van der Waals surface area contributed by atoms with E-state index in [0.29, 0.717) is 25.4 Å². The number of carbonyl (C=O) groups is 2. The zero-order chi connectivity index (χ0) is 14.5. The number of imidazole rings is 1. The number of aliphatic carboxylic acids is 1. The van der Waals surface area contributed by atoms with Crippen molar-refractivity contribution in [2.45, 2.75) is 25.5 Å². The fourth-order valence-corrected chi connectivity index (χ4v) is 2.06. The minimum Gasteiger partial charge on any atom is -0.480 e. The Balaban J connectivity index is 1.93. The van der Waals surface area contributed by atoms with E-state index < -0.39 is 12.0 Å². The summed E-state index contributed by atoms with van der Waals surface area (Å²) in [7, 11) is 0. The Morgan fingerprint density at radius 1 is 1.70 bits per heavy atom. The van der Waals surface area contributed by atoms with Gasteiger partial charge >= 0.3 is 12.0 Å². The van der Waals surface area contributed by atoms with Crippen molar-refractivity contribution in [2.24, 2.45) is 0 Å². The number of carbonyl (C=O) groups excluding carboxylic acids is 1. The lowest BCUT2D eigenvalue weighted by Crippen LogP contribution is -2.53. The van der Waals surface area contributed by atoms with E-state index in [1.807, 2.05) is 6.92 Å². The van der Waals surface area contributed by atoms with Crippen molar-refractivity contribution in [3.8, 4) is 0 Å². The molecule has 2 amide bonds. The Bertz CT molecular complexity index is 462. The minimum absolute atomic E-state index is 0.0367. The molecule has 20 heavy (non-hydrogen) atoms. The number of nitrogens with one attached hydrogen (secondary N) is 2. The van der Waals surface area contributed by atoms with Crippen LogP contribution < -0.4 is 5.32 Å². The molecule has 0 aromatic carbocycles. The van der Waals surface area contributed by atoms with Gasteiger partial charge in [-0.05, 0) is 6.92 Å². The van der Waals surface area contributed by atoms with Crippen LogP contribution in [-0.2, 0) is 16.0 Å². The molecular weight excluding hydrogens is 264 g/mol. The van der Waals surface area contributed by atoms with Gasteiger partial charge in [0.1, 0.15) is 6.04 Å². The first-order valence-corrected chi connectivity index (χ1v) is 6.43. The van der Waals surface area contributed by atoms with Gasteiger partial charge in [0, 0.05) is 31.4 Å².